The van der Waals surface area contributed by atoms with Crippen LogP contribution < -0.4 is 5.32 Å². The van der Waals surface area contributed by atoms with Gasteiger partial charge in [-0.2, -0.15) is 0 Å². The number of hydrogen-bond donors (Lipinski definition) is 2. The van der Waals surface area contributed by atoms with Gasteiger partial charge in [-0.05, 0) is 26.2 Å². The maximum atomic E-state index is 12.2. The SMILES string of the molecule is CCC1CCCN1C(=O)NC(C)c1nc(C(=O)O)cs1. The van der Waals surface area contributed by atoms with Gasteiger partial charge in [-0.15, -0.1) is 11.3 Å². The lowest BCUT2D eigenvalue weighted by molar-refractivity contribution is 0.0691. The number of nitrogens with one attached hydrogen (secondary N) is 1. The molecule has 110 valence electrons. The molecule has 7 heteroatoms. The number of likely N-dealkylation sites (tertiary alicyclic amines) is 1. The van der Waals surface area contributed by atoms with Crippen LogP contribution in [0.25, 0.3) is 0 Å². The van der Waals surface area contributed by atoms with Crippen LogP contribution in [0, 0.1) is 0 Å². The van der Waals surface area contributed by atoms with Crippen molar-refractivity contribution >= 4 is 23.3 Å². The molecule has 2 unspecified atom stereocenters. The Balaban J connectivity index is 1.98. The van der Waals surface area contributed by atoms with Gasteiger partial charge in [-0.1, -0.05) is 6.92 Å². The summed E-state index contributed by atoms with van der Waals surface area (Å²) in [6.07, 6.45) is 3.06. The minimum absolute atomic E-state index is 0.0266. The van der Waals surface area contributed by atoms with Gasteiger partial charge in [-0.25, -0.2) is 14.6 Å². The Morgan fingerprint density at radius 3 is 3.00 bits per heavy atom. The monoisotopic (exact) mass is 297 g/mol. The van der Waals surface area contributed by atoms with Crippen molar-refractivity contribution in [3.8, 4) is 0 Å². The van der Waals surface area contributed by atoms with Gasteiger partial charge in [0.15, 0.2) is 5.69 Å². The highest BCUT2D eigenvalue weighted by molar-refractivity contribution is 7.09. The molecule has 6 nitrogen and oxygen atoms in total. The van der Waals surface area contributed by atoms with Gasteiger partial charge in [-0.3, -0.25) is 0 Å². The predicted molar refractivity (Wildman–Crippen MR) is 76.0 cm³/mol. The van der Waals surface area contributed by atoms with E-state index in [0.717, 1.165) is 25.8 Å². The van der Waals surface area contributed by atoms with Crippen molar-refractivity contribution < 1.29 is 14.7 Å². The van der Waals surface area contributed by atoms with Crippen molar-refractivity contribution in [3.63, 3.8) is 0 Å². The number of aromatic carboxylic acids is 1. The van der Waals surface area contributed by atoms with E-state index in [1.165, 1.54) is 16.7 Å². The van der Waals surface area contributed by atoms with Gasteiger partial charge in [0.1, 0.15) is 5.01 Å². The number of thiazole rings is 1. The fourth-order valence-corrected chi connectivity index (χ4v) is 3.24. The molecule has 0 aromatic carbocycles. The van der Waals surface area contributed by atoms with Crippen LogP contribution in [0.15, 0.2) is 5.38 Å². The van der Waals surface area contributed by atoms with Crippen LogP contribution in [0.2, 0.25) is 0 Å². The predicted octanol–water partition coefficient (Wildman–Crippen LogP) is 2.49. The highest BCUT2D eigenvalue weighted by Gasteiger charge is 2.28. The van der Waals surface area contributed by atoms with Crippen molar-refractivity contribution in [1.82, 2.24) is 15.2 Å². The fraction of sp³-hybridized carbons (Fsp3) is 0.615. The molecule has 20 heavy (non-hydrogen) atoms. The second kappa shape index (κ2) is 6.21. The number of carboxylic acid groups (broad SMARTS) is 1. The third-order valence-corrected chi connectivity index (χ3v) is 4.59. The smallest absolute Gasteiger partial charge is 0.355 e. The quantitative estimate of drug-likeness (QED) is 0.894. The standard InChI is InChI=1S/C13H19N3O3S/c1-3-9-5-4-6-16(9)13(19)14-8(2)11-15-10(7-20-11)12(17)18/h7-9H,3-6H2,1-2H3,(H,14,19)(H,17,18). The Hall–Kier alpha value is -1.63. The Kier molecular flexibility index (Phi) is 4.59. The number of amides is 2. The number of carbonyl (C=O) groups excluding carboxylic acids is 1. The van der Waals surface area contributed by atoms with E-state index in [2.05, 4.69) is 17.2 Å². The Morgan fingerprint density at radius 1 is 1.65 bits per heavy atom. The molecule has 1 aliphatic rings. The molecule has 1 saturated heterocycles. The first-order valence-corrected chi connectivity index (χ1v) is 7.66. The molecule has 2 N–H and O–H groups in total. The van der Waals surface area contributed by atoms with E-state index in [4.69, 9.17) is 5.11 Å². The van der Waals surface area contributed by atoms with E-state index in [1.54, 1.807) is 0 Å². The van der Waals surface area contributed by atoms with Crippen LogP contribution in [0.1, 0.15) is 54.6 Å². The van der Waals surface area contributed by atoms with Gasteiger partial charge < -0.3 is 15.3 Å². The maximum absolute atomic E-state index is 12.2. The number of nitrogens with zero attached hydrogens (tertiary/aromatic N) is 2. The molecule has 1 aliphatic heterocycles. The minimum Gasteiger partial charge on any atom is -0.476 e. The molecular weight excluding hydrogens is 278 g/mol. The summed E-state index contributed by atoms with van der Waals surface area (Å²) in [6.45, 7) is 4.69. The van der Waals surface area contributed by atoms with E-state index in [9.17, 15) is 9.59 Å². The molecular formula is C13H19N3O3S. The fourth-order valence-electron chi connectivity index (χ4n) is 2.44. The summed E-state index contributed by atoms with van der Waals surface area (Å²) in [6, 6.07) is -0.0549. The minimum atomic E-state index is -1.04. The molecule has 1 aromatic heterocycles. The van der Waals surface area contributed by atoms with E-state index >= 15 is 0 Å². The molecule has 0 saturated carbocycles. The number of rotatable bonds is 4. The number of aromatic nitrogens is 1. The van der Waals surface area contributed by atoms with E-state index in [0.29, 0.717) is 11.0 Å². The molecule has 1 fully saturated rings. The highest BCUT2D eigenvalue weighted by Crippen LogP contribution is 2.22. The second-order valence-electron chi connectivity index (χ2n) is 4.95. The summed E-state index contributed by atoms with van der Waals surface area (Å²) in [5, 5.41) is 13.9. The first-order chi connectivity index (χ1) is 9.52. The van der Waals surface area contributed by atoms with Crippen molar-refractivity contribution in [3.05, 3.63) is 16.1 Å². The molecule has 0 aliphatic carbocycles. The van der Waals surface area contributed by atoms with Gasteiger partial charge in [0.2, 0.25) is 0 Å². The molecule has 2 heterocycles. The van der Waals surface area contributed by atoms with Crippen molar-refractivity contribution in [2.24, 2.45) is 0 Å². The zero-order valence-corrected chi connectivity index (χ0v) is 12.4. The average molecular weight is 297 g/mol. The van der Waals surface area contributed by atoms with E-state index in [1.807, 2.05) is 11.8 Å². The Morgan fingerprint density at radius 2 is 2.40 bits per heavy atom. The third kappa shape index (κ3) is 3.09. The maximum Gasteiger partial charge on any atom is 0.355 e. The number of carboxylic acids is 1. The van der Waals surface area contributed by atoms with Crippen molar-refractivity contribution in [2.75, 3.05) is 6.54 Å². The lowest BCUT2D eigenvalue weighted by atomic mass is 10.2. The van der Waals surface area contributed by atoms with Gasteiger partial charge in [0.05, 0.1) is 6.04 Å². The molecule has 0 spiro atoms. The molecule has 0 radical (unpaired) electrons. The van der Waals surface area contributed by atoms with Crippen LogP contribution >= 0.6 is 11.3 Å². The van der Waals surface area contributed by atoms with Gasteiger partial charge >= 0.3 is 12.0 Å². The van der Waals surface area contributed by atoms with E-state index in [-0.39, 0.29) is 17.8 Å². The molecule has 2 rings (SSSR count). The molecule has 0 bridgehead atoms. The van der Waals surface area contributed by atoms with Crippen molar-refractivity contribution in [1.29, 1.82) is 0 Å². The van der Waals surface area contributed by atoms with E-state index < -0.39 is 5.97 Å². The molecule has 2 atom stereocenters. The lowest BCUT2D eigenvalue weighted by Gasteiger charge is -2.25. The normalized spacial score (nSPS) is 19.9. The van der Waals surface area contributed by atoms with Crippen LogP contribution in [-0.4, -0.2) is 39.6 Å². The highest BCUT2D eigenvalue weighted by atomic mass is 32.1. The summed E-state index contributed by atoms with van der Waals surface area (Å²) in [5.41, 5.74) is 0.0266. The average Bonchev–Trinajstić information content (AvgIpc) is 3.07. The zero-order chi connectivity index (χ0) is 14.7. The zero-order valence-electron chi connectivity index (χ0n) is 11.6. The summed E-state index contributed by atoms with van der Waals surface area (Å²) in [7, 11) is 0. The summed E-state index contributed by atoms with van der Waals surface area (Å²) in [4.78, 5) is 28.9. The topological polar surface area (TPSA) is 82.5 Å². The van der Waals surface area contributed by atoms with Crippen molar-refractivity contribution in [2.45, 2.75) is 45.2 Å². The first-order valence-electron chi connectivity index (χ1n) is 6.78. The summed E-state index contributed by atoms with van der Waals surface area (Å²) < 4.78 is 0. The van der Waals surface area contributed by atoms with Gasteiger partial charge in [0, 0.05) is 18.0 Å². The Labute approximate surface area is 121 Å². The van der Waals surface area contributed by atoms with Crippen LogP contribution in [0.4, 0.5) is 4.79 Å². The van der Waals surface area contributed by atoms with Crippen LogP contribution in [-0.2, 0) is 0 Å². The molecule has 1 aromatic rings. The number of urea groups is 1. The Bertz CT molecular complexity index is 503. The summed E-state index contributed by atoms with van der Waals surface area (Å²) in [5.74, 6) is -1.04. The lowest BCUT2D eigenvalue weighted by Crippen LogP contribution is -2.43. The second-order valence-corrected chi connectivity index (χ2v) is 5.83. The number of hydrogen-bond acceptors (Lipinski definition) is 4. The molecule has 2 amide bonds. The first kappa shape index (κ1) is 14.8. The van der Waals surface area contributed by atoms with Crippen LogP contribution in [0.5, 0.6) is 0 Å². The number of carbonyl (C=O) groups is 2. The van der Waals surface area contributed by atoms with Gasteiger partial charge in [0.25, 0.3) is 0 Å². The third-order valence-electron chi connectivity index (χ3n) is 3.56. The van der Waals surface area contributed by atoms with Crippen LogP contribution in [0.3, 0.4) is 0 Å². The largest absolute Gasteiger partial charge is 0.476 e. The summed E-state index contributed by atoms with van der Waals surface area (Å²) >= 11 is 1.25.